The molecule has 25 heavy (non-hydrogen) atoms. The van der Waals surface area contributed by atoms with E-state index < -0.39 is 57.1 Å². The van der Waals surface area contributed by atoms with Gasteiger partial charge in [0.2, 0.25) is 0 Å². The van der Waals surface area contributed by atoms with Crippen molar-refractivity contribution in [2.45, 2.75) is 31.8 Å². The summed E-state index contributed by atoms with van der Waals surface area (Å²) < 4.78 is 75.2. The summed E-state index contributed by atoms with van der Waals surface area (Å²) in [6.07, 6.45) is -3.08. The van der Waals surface area contributed by atoms with Crippen molar-refractivity contribution in [1.82, 2.24) is 9.55 Å². The van der Waals surface area contributed by atoms with Crippen molar-refractivity contribution in [1.29, 1.82) is 0 Å². The lowest BCUT2D eigenvalue weighted by Crippen LogP contribution is -2.33. The zero-order valence-corrected chi connectivity index (χ0v) is 14.2. The van der Waals surface area contributed by atoms with E-state index in [1.807, 2.05) is 4.98 Å². The van der Waals surface area contributed by atoms with Gasteiger partial charge in [0.05, 0.1) is 6.61 Å². The molecule has 0 bridgehead atoms. The van der Waals surface area contributed by atoms with Gasteiger partial charge in [-0.3, -0.25) is 23.5 Å². The quantitative estimate of drug-likeness (QED) is 0.452. The van der Waals surface area contributed by atoms with Crippen molar-refractivity contribution in [3.63, 3.8) is 0 Å². The molecule has 3 atom stereocenters. The average Bonchev–Trinajstić information content (AvgIpc) is 2.80. The first-order valence-corrected chi connectivity index (χ1v) is 9.34. The molecule has 0 aliphatic carbocycles. The first-order chi connectivity index (χ1) is 11.4. The highest BCUT2D eigenvalue weighted by atomic mass is 32.3. The number of hydrogen-bond donors (Lipinski definition) is 3. The Hall–Kier alpha value is -1.62. The van der Waals surface area contributed by atoms with Gasteiger partial charge in [-0.05, 0) is 6.92 Å². The standard InChI is InChI=1S/C10H14N2O11S2/c1-5-3-12(10(14)11-9(5)13)8-2-6(23-25(18,19)20)7(22-8)4-21-24(15,16)17/h3,6-8H,2,4H2,1H3,(H,11,13,14)(H,15,16,17)(H,18,19,20)/t6-,7+,8+/m0/s1. The highest BCUT2D eigenvalue weighted by molar-refractivity contribution is 7.81. The van der Waals surface area contributed by atoms with Gasteiger partial charge in [0, 0.05) is 18.2 Å². The number of aromatic amines is 1. The summed E-state index contributed by atoms with van der Waals surface area (Å²) in [5.74, 6) is 0. The average molecular weight is 402 g/mol. The molecule has 1 fully saturated rings. The molecule has 2 heterocycles. The Morgan fingerprint density at radius 3 is 2.48 bits per heavy atom. The highest BCUT2D eigenvalue weighted by Crippen LogP contribution is 2.31. The molecular weight excluding hydrogens is 388 g/mol. The molecule has 0 radical (unpaired) electrons. The van der Waals surface area contributed by atoms with Crippen LogP contribution < -0.4 is 11.2 Å². The van der Waals surface area contributed by atoms with Crippen molar-refractivity contribution in [2.75, 3.05) is 6.61 Å². The summed E-state index contributed by atoms with van der Waals surface area (Å²) in [6.45, 7) is 0.571. The van der Waals surface area contributed by atoms with E-state index >= 15 is 0 Å². The molecule has 1 aromatic heterocycles. The number of nitrogens with zero attached hydrogens (tertiary/aromatic N) is 1. The van der Waals surface area contributed by atoms with Crippen molar-refractivity contribution in [3.8, 4) is 0 Å². The summed E-state index contributed by atoms with van der Waals surface area (Å²) in [6, 6.07) is 0. The molecule has 1 aliphatic heterocycles. The summed E-state index contributed by atoms with van der Waals surface area (Å²) in [5.41, 5.74) is -1.33. The molecule has 1 aliphatic rings. The molecule has 1 aromatic rings. The Bertz CT molecular complexity index is 961. The third-order valence-corrected chi connectivity index (χ3v) is 4.19. The van der Waals surface area contributed by atoms with E-state index in [9.17, 15) is 26.4 Å². The summed E-state index contributed by atoms with van der Waals surface area (Å²) >= 11 is 0. The Labute approximate surface area is 141 Å². The predicted octanol–water partition coefficient (Wildman–Crippen LogP) is -1.86. The lowest BCUT2D eigenvalue weighted by molar-refractivity contribution is -0.0381. The molecule has 0 aromatic carbocycles. The number of ether oxygens (including phenoxy) is 1. The van der Waals surface area contributed by atoms with Crippen molar-refractivity contribution >= 4 is 20.8 Å². The fourth-order valence-corrected chi connectivity index (χ4v) is 3.05. The van der Waals surface area contributed by atoms with Gasteiger partial charge in [-0.15, -0.1) is 0 Å². The van der Waals surface area contributed by atoms with Crippen LogP contribution in [0.25, 0.3) is 0 Å². The number of H-pyrrole nitrogens is 1. The van der Waals surface area contributed by atoms with Crippen molar-refractivity contribution in [3.05, 3.63) is 32.6 Å². The monoisotopic (exact) mass is 402 g/mol. The molecule has 0 amide bonds. The molecule has 0 saturated carbocycles. The second kappa shape index (κ2) is 6.94. The number of nitrogens with one attached hydrogen (secondary N) is 1. The van der Waals surface area contributed by atoms with Gasteiger partial charge >= 0.3 is 26.5 Å². The molecule has 2 rings (SSSR count). The van der Waals surface area contributed by atoms with E-state index in [2.05, 4.69) is 8.37 Å². The molecule has 3 N–H and O–H groups in total. The Morgan fingerprint density at radius 2 is 1.92 bits per heavy atom. The van der Waals surface area contributed by atoms with Crippen LogP contribution in [0, 0.1) is 6.92 Å². The fraction of sp³-hybridized carbons (Fsp3) is 0.600. The predicted molar refractivity (Wildman–Crippen MR) is 78.5 cm³/mol. The van der Waals surface area contributed by atoms with Crippen LogP contribution in [0.1, 0.15) is 18.2 Å². The van der Waals surface area contributed by atoms with Crippen LogP contribution in [0.4, 0.5) is 0 Å². The first-order valence-electron chi connectivity index (χ1n) is 6.61. The topological polar surface area (TPSA) is 191 Å². The minimum Gasteiger partial charge on any atom is -0.349 e. The second-order valence-corrected chi connectivity index (χ2v) is 7.26. The number of rotatable bonds is 6. The van der Waals surface area contributed by atoms with Gasteiger partial charge < -0.3 is 4.74 Å². The van der Waals surface area contributed by atoms with Crippen LogP contribution in [0.2, 0.25) is 0 Å². The van der Waals surface area contributed by atoms with Gasteiger partial charge in [0.1, 0.15) is 18.4 Å². The van der Waals surface area contributed by atoms with E-state index in [-0.39, 0.29) is 12.0 Å². The van der Waals surface area contributed by atoms with Crippen LogP contribution >= 0.6 is 0 Å². The molecule has 0 spiro atoms. The number of aryl methyl sites for hydroxylation is 1. The van der Waals surface area contributed by atoms with Crippen LogP contribution in [-0.4, -0.2) is 54.3 Å². The zero-order valence-electron chi connectivity index (χ0n) is 12.6. The largest absolute Gasteiger partial charge is 0.397 e. The summed E-state index contributed by atoms with van der Waals surface area (Å²) in [4.78, 5) is 25.2. The van der Waals surface area contributed by atoms with E-state index in [4.69, 9.17) is 13.8 Å². The Balaban J connectivity index is 2.29. The van der Waals surface area contributed by atoms with Gasteiger partial charge in [-0.2, -0.15) is 16.8 Å². The van der Waals surface area contributed by atoms with Crippen molar-refractivity contribution in [2.24, 2.45) is 0 Å². The normalized spacial score (nSPS) is 24.5. The van der Waals surface area contributed by atoms with Gasteiger partial charge in [-0.25, -0.2) is 13.2 Å². The SMILES string of the molecule is Cc1cn([C@H]2C[C@H](OS(=O)(=O)O)[C@@H](COS(=O)(=O)O)O2)c(=O)[nH]c1=O. The lowest BCUT2D eigenvalue weighted by Gasteiger charge is -2.16. The second-order valence-electron chi connectivity index (χ2n) is 5.12. The Morgan fingerprint density at radius 1 is 1.28 bits per heavy atom. The van der Waals surface area contributed by atoms with Crippen molar-refractivity contribution < 1.29 is 39.0 Å². The van der Waals surface area contributed by atoms with E-state index in [1.165, 1.54) is 6.92 Å². The minimum atomic E-state index is -4.92. The third kappa shape index (κ3) is 5.43. The van der Waals surface area contributed by atoms with Crippen LogP contribution in [0.5, 0.6) is 0 Å². The van der Waals surface area contributed by atoms with Crippen LogP contribution in [0.15, 0.2) is 15.8 Å². The Kier molecular flexibility index (Phi) is 5.47. The molecule has 15 heteroatoms. The summed E-state index contributed by atoms with van der Waals surface area (Å²) in [5, 5.41) is 0. The molecule has 142 valence electrons. The molecule has 13 nitrogen and oxygen atoms in total. The maximum Gasteiger partial charge on any atom is 0.397 e. The molecule has 1 saturated heterocycles. The zero-order chi connectivity index (χ0) is 19.0. The van der Waals surface area contributed by atoms with Crippen LogP contribution in [0.3, 0.4) is 0 Å². The van der Waals surface area contributed by atoms with E-state index in [1.54, 1.807) is 0 Å². The minimum absolute atomic E-state index is 0.160. The number of aromatic nitrogens is 2. The lowest BCUT2D eigenvalue weighted by atomic mass is 10.2. The van der Waals surface area contributed by atoms with Crippen LogP contribution in [-0.2, 0) is 33.9 Å². The van der Waals surface area contributed by atoms with E-state index in [0.717, 1.165) is 10.8 Å². The third-order valence-electron chi connectivity index (χ3n) is 3.26. The number of hydrogen-bond acceptors (Lipinski definition) is 9. The maximum atomic E-state index is 11.8. The maximum absolute atomic E-state index is 11.8. The molecule has 0 unspecified atom stereocenters. The summed E-state index contributed by atoms with van der Waals surface area (Å²) in [7, 11) is -9.76. The molecular formula is C10H14N2O11S2. The smallest absolute Gasteiger partial charge is 0.349 e. The first kappa shape index (κ1) is 19.7. The highest BCUT2D eigenvalue weighted by Gasteiger charge is 2.41. The van der Waals surface area contributed by atoms with Gasteiger partial charge in [0.15, 0.2) is 0 Å². The fourth-order valence-electron chi connectivity index (χ4n) is 2.23. The van der Waals surface area contributed by atoms with E-state index in [0.29, 0.717) is 0 Å². The van der Waals surface area contributed by atoms with Gasteiger partial charge in [-0.1, -0.05) is 0 Å². The van der Waals surface area contributed by atoms with Gasteiger partial charge in [0.25, 0.3) is 5.56 Å².